The van der Waals surface area contributed by atoms with E-state index in [0.29, 0.717) is 23.2 Å². The van der Waals surface area contributed by atoms with Crippen LogP contribution in [0.3, 0.4) is 0 Å². The molecule has 0 aliphatic rings. The Balaban J connectivity index is 0.000000255. The van der Waals surface area contributed by atoms with Gasteiger partial charge >= 0.3 is 18.2 Å². The molecule has 3 aromatic carbocycles. The van der Waals surface area contributed by atoms with E-state index in [1.165, 1.54) is 0 Å². The average molecular weight is 635 g/mol. The zero-order valence-corrected chi connectivity index (χ0v) is 27.3. The van der Waals surface area contributed by atoms with Crippen molar-refractivity contribution in [1.82, 2.24) is 15.2 Å². The van der Waals surface area contributed by atoms with Crippen molar-refractivity contribution in [2.75, 3.05) is 5.32 Å². The van der Waals surface area contributed by atoms with E-state index in [0.717, 1.165) is 26.9 Å². The lowest BCUT2D eigenvalue weighted by Gasteiger charge is -2.28. The second-order valence-corrected chi connectivity index (χ2v) is 12.4. The van der Waals surface area contributed by atoms with Crippen LogP contribution in [-0.2, 0) is 22.6 Å². The van der Waals surface area contributed by atoms with Crippen LogP contribution in [0.4, 0.5) is 20.1 Å². The van der Waals surface area contributed by atoms with E-state index in [-0.39, 0.29) is 12.6 Å². The predicted octanol–water partition coefficient (Wildman–Crippen LogP) is 7.66. The predicted molar refractivity (Wildman–Crippen MR) is 178 cm³/mol. The number of benzene rings is 3. The Bertz CT molecular complexity index is 1740. The number of nitrogens with zero attached hydrogens (tertiary/aromatic N) is 4. The number of urea groups is 1. The van der Waals surface area contributed by atoms with Gasteiger partial charge in [0.2, 0.25) is 0 Å². The maximum Gasteiger partial charge on any atom is 0.420 e. The van der Waals surface area contributed by atoms with Crippen molar-refractivity contribution < 1.29 is 23.9 Å². The Morgan fingerprint density at radius 2 is 1.30 bits per heavy atom. The van der Waals surface area contributed by atoms with Crippen molar-refractivity contribution in [1.29, 1.82) is 10.5 Å². The first kappa shape index (κ1) is 35.5. The molecular formula is C36H38N6O5. The minimum atomic E-state index is -0.777. The number of hydrogen-bond acceptors (Lipinski definition) is 8. The summed E-state index contributed by atoms with van der Waals surface area (Å²) in [5.74, 6) is 0. The van der Waals surface area contributed by atoms with Crippen molar-refractivity contribution in [2.24, 2.45) is 0 Å². The number of nitriles is 2. The van der Waals surface area contributed by atoms with E-state index in [9.17, 15) is 14.4 Å². The molecule has 11 nitrogen and oxygen atoms in total. The molecule has 0 saturated heterocycles. The first-order valence-electron chi connectivity index (χ1n) is 14.8. The van der Waals surface area contributed by atoms with Crippen LogP contribution in [0.2, 0.25) is 0 Å². The molecule has 0 saturated carbocycles. The molecule has 0 bridgehead atoms. The summed E-state index contributed by atoms with van der Waals surface area (Å²) in [5, 5.41) is 25.2. The van der Waals surface area contributed by atoms with E-state index in [1.54, 1.807) is 90.3 Å². The second kappa shape index (κ2) is 15.9. The van der Waals surface area contributed by atoms with Gasteiger partial charge in [0.25, 0.3) is 0 Å². The highest BCUT2D eigenvalue weighted by atomic mass is 16.6. The Morgan fingerprint density at radius 1 is 0.766 bits per heavy atom. The number of carbonyl (C=O) groups is 3. The van der Waals surface area contributed by atoms with E-state index >= 15 is 0 Å². The zero-order chi connectivity index (χ0) is 34.6. The molecule has 4 aromatic rings. The number of amides is 4. The molecule has 47 heavy (non-hydrogen) atoms. The summed E-state index contributed by atoms with van der Waals surface area (Å²) >= 11 is 0. The maximum atomic E-state index is 12.4. The van der Waals surface area contributed by atoms with E-state index in [1.807, 2.05) is 42.5 Å². The Labute approximate surface area is 274 Å². The average Bonchev–Trinajstić information content (AvgIpc) is 3.02. The highest BCUT2D eigenvalue weighted by molar-refractivity contribution is 6.01. The standard InChI is InChI=1S/C18H14N4O.C18H24N2O4/c19-10-13-4-6-14(7-5-13)11-21-18(23)22-17-3-1-2-15-12-20-9-8-16(15)17;1-17(2,3)23-15(21)20(16(22)24-18(4,5)6)12-14-9-7-13(11-19)8-10-14/h1-9,12H,11H2,(H2,21,22,23);7-10H,12H2,1-6H3. The molecule has 242 valence electrons. The highest BCUT2D eigenvalue weighted by Crippen LogP contribution is 2.22. The first-order chi connectivity index (χ1) is 22.2. The largest absolute Gasteiger partial charge is 0.443 e. The third-order valence-corrected chi connectivity index (χ3v) is 6.12. The molecular weight excluding hydrogens is 596 g/mol. The van der Waals surface area contributed by atoms with Gasteiger partial charge in [0.05, 0.1) is 35.5 Å². The molecule has 0 atom stereocenters. The number of nitrogens with one attached hydrogen (secondary N) is 2. The highest BCUT2D eigenvalue weighted by Gasteiger charge is 2.31. The van der Waals surface area contributed by atoms with Crippen LogP contribution in [0.15, 0.2) is 85.2 Å². The van der Waals surface area contributed by atoms with Gasteiger partial charge in [0.1, 0.15) is 11.2 Å². The van der Waals surface area contributed by atoms with Crippen molar-refractivity contribution in [2.45, 2.75) is 65.8 Å². The summed E-state index contributed by atoms with van der Waals surface area (Å²) in [6.07, 6.45) is 1.90. The van der Waals surface area contributed by atoms with E-state index in [2.05, 4.69) is 21.7 Å². The van der Waals surface area contributed by atoms with Crippen LogP contribution < -0.4 is 10.6 Å². The van der Waals surface area contributed by atoms with Gasteiger partial charge in [-0.25, -0.2) is 19.3 Å². The number of ether oxygens (including phenoxy) is 2. The lowest BCUT2D eigenvalue weighted by molar-refractivity contribution is -0.000260. The fourth-order valence-corrected chi connectivity index (χ4v) is 3.98. The van der Waals surface area contributed by atoms with Crippen LogP contribution in [0.5, 0.6) is 0 Å². The lowest BCUT2D eigenvalue weighted by atomic mass is 10.1. The molecule has 1 aromatic heterocycles. The molecule has 4 amide bonds. The number of anilines is 1. The van der Waals surface area contributed by atoms with Gasteiger partial charge in [-0.3, -0.25) is 4.98 Å². The number of aromatic nitrogens is 1. The van der Waals surface area contributed by atoms with Crippen LogP contribution in [0.25, 0.3) is 10.8 Å². The quantitative estimate of drug-likeness (QED) is 0.226. The van der Waals surface area contributed by atoms with Gasteiger partial charge in [-0.1, -0.05) is 36.4 Å². The third-order valence-electron chi connectivity index (χ3n) is 6.12. The third kappa shape index (κ3) is 11.8. The summed E-state index contributed by atoms with van der Waals surface area (Å²) < 4.78 is 10.6. The minimum absolute atomic E-state index is 0.00443. The summed E-state index contributed by atoms with van der Waals surface area (Å²) in [5.41, 5.74) is 1.99. The molecule has 0 fully saturated rings. The summed E-state index contributed by atoms with van der Waals surface area (Å²) in [4.78, 5) is 41.8. The molecule has 0 radical (unpaired) electrons. The second-order valence-electron chi connectivity index (χ2n) is 12.4. The molecule has 2 N–H and O–H groups in total. The van der Waals surface area contributed by atoms with Crippen LogP contribution in [0, 0.1) is 22.7 Å². The zero-order valence-electron chi connectivity index (χ0n) is 27.3. The monoisotopic (exact) mass is 634 g/mol. The van der Waals surface area contributed by atoms with Gasteiger partial charge in [0, 0.05) is 29.7 Å². The SMILES string of the molecule is CC(C)(C)OC(=O)N(Cc1ccc(C#N)cc1)C(=O)OC(C)(C)C.N#Cc1ccc(CNC(=O)Nc2cccc3cnccc23)cc1. The van der Waals surface area contributed by atoms with Gasteiger partial charge in [-0.15, -0.1) is 0 Å². The van der Waals surface area contributed by atoms with Crippen LogP contribution >= 0.6 is 0 Å². The Morgan fingerprint density at radius 3 is 1.81 bits per heavy atom. The minimum Gasteiger partial charge on any atom is -0.443 e. The molecule has 1 heterocycles. The van der Waals surface area contributed by atoms with Crippen LogP contribution in [-0.4, -0.2) is 39.3 Å². The van der Waals surface area contributed by atoms with Gasteiger partial charge in [0.15, 0.2) is 0 Å². The van der Waals surface area contributed by atoms with E-state index in [4.69, 9.17) is 20.0 Å². The summed E-state index contributed by atoms with van der Waals surface area (Å²) in [6.45, 7) is 10.7. The van der Waals surface area contributed by atoms with Crippen molar-refractivity contribution >= 4 is 34.7 Å². The number of hydrogen-bond donors (Lipinski definition) is 2. The van der Waals surface area contributed by atoms with Crippen molar-refractivity contribution in [3.8, 4) is 12.1 Å². The van der Waals surface area contributed by atoms with E-state index < -0.39 is 23.4 Å². The maximum absolute atomic E-state index is 12.4. The van der Waals surface area contributed by atoms with Gasteiger partial charge in [-0.2, -0.15) is 10.5 Å². The fourth-order valence-electron chi connectivity index (χ4n) is 3.98. The number of pyridine rings is 1. The molecule has 0 unspecified atom stereocenters. The van der Waals surface area contributed by atoms with Crippen molar-refractivity contribution in [3.63, 3.8) is 0 Å². The molecule has 11 heteroatoms. The molecule has 0 aliphatic heterocycles. The molecule has 0 aliphatic carbocycles. The normalized spacial score (nSPS) is 10.7. The van der Waals surface area contributed by atoms with Gasteiger partial charge < -0.3 is 20.1 Å². The smallest absolute Gasteiger partial charge is 0.420 e. The molecule has 0 spiro atoms. The lowest BCUT2D eigenvalue weighted by Crippen LogP contribution is -2.43. The first-order valence-corrected chi connectivity index (χ1v) is 14.8. The van der Waals surface area contributed by atoms with Gasteiger partial charge in [-0.05, 0) is 89.1 Å². The van der Waals surface area contributed by atoms with Crippen molar-refractivity contribution in [3.05, 3.63) is 107 Å². The Hall–Kier alpha value is -5.94. The van der Waals surface area contributed by atoms with Crippen LogP contribution in [0.1, 0.15) is 63.8 Å². The number of rotatable bonds is 5. The number of imide groups is 1. The summed E-state index contributed by atoms with van der Waals surface area (Å²) in [6, 6.07) is 25.1. The fraction of sp³-hybridized carbons (Fsp3) is 0.278. The number of fused-ring (bicyclic) bond motifs is 1. The molecule has 4 rings (SSSR count). The topological polar surface area (TPSA) is 157 Å². The summed E-state index contributed by atoms with van der Waals surface area (Å²) in [7, 11) is 0. The number of carbonyl (C=O) groups excluding carboxylic acids is 3. The Kier molecular flexibility index (Phi) is 12.0.